The van der Waals surface area contributed by atoms with Crippen LogP contribution in [0.2, 0.25) is 0 Å². The van der Waals surface area contributed by atoms with E-state index in [0.29, 0.717) is 11.4 Å². The first-order valence-corrected chi connectivity index (χ1v) is 6.26. The fourth-order valence-electron chi connectivity index (χ4n) is 1.89. The van der Waals surface area contributed by atoms with Gasteiger partial charge in [0.25, 0.3) is 0 Å². The van der Waals surface area contributed by atoms with E-state index in [-0.39, 0.29) is 18.3 Å². The molecule has 8 heteroatoms. The maximum Gasteiger partial charge on any atom is 0.235 e. The summed E-state index contributed by atoms with van der Waals surface area (Å²) in [6, 6.07) is 8.85. The number of amidine groups is 1. The number of aromatic nitrogens is 3. The van der Waals surface area contributed by atoms with Crippen LogP contribution in [0.25, 0.3) is 0 Å². The van der Waals surface area contributed by atoms with Gasteiger partial charge in [-0.2, -0.15) is 5.10 Å². The Labute approximate surface area is 121 Å². The molecule has 2 aromatic rings. The Morgan fingerprint density at radius 3 is 2.76 bits per heavy atom. The van der Waals surface area contributed by atoms with Crippen LogP contribution >= 0.6 is 0 Å². The van der Waals surface area contributed by atoms with Crippen LogP contribution in [0, 0.1) is 0 Å². The van der Waals surface area contributed by atoms with Gasteiger partial charge in [-0.1, -0.05) is 35.5 Å². The van der Waals surface area contributed by atoms with Gasteiger partial charge in [-0.15, -0.1) is 0 Å². The lowest BCUT2D eigenvalue weighted by Gasteiger charge is -2.15. The number of benzene rings is 1. The zero-order chi connectivity index (χ0) is 15.2. The van der Waals surface area contributed by atoms with Gasteiger partial charge in [0.05, 0.1) is 6.54 Å². The summed E-state index contributed by atoms with van der Waals surface area (Å²) >= 11 is 0. The third-order valence-corrected chi connectivity index (χ3v) is 2.87. The number of hydrogen-bond donors (Lipinski definition) is 3. The second-order valence-electron chi connectivity index (χ2n) is 4.42. The van der Waals surface area contributed by atoms with Crippen molar-refractivity contribution in [3.05, 3.63) is 48.0 Å². The fourth-order valence-corrected chi connectivity index (χ4v) is 1.89. The topological polar surface area (TPSA) is 118 Å². The Balaban J connectivity index is 2.12. The van der Waals surface area contributed by atoms with Crippen LogP contribution in [-0.2, 0) is 18.4 Å². The van der Waals surface area contributed by atoms with Crippen molar-refractivity contribution < 1.29 is 10.0 Å². The molecule has 1 heterocycles. The molecule has 0 aliphatic heterocycles. The van der Waals surface area contributed by atoms with Crippen molar-refractivity contribution in [2.75, 3.05) is 0 Å². The molecule has 0 aliphatic rings. The quantitative estimate of drug-likeness (QED) is 0.309. The average molecular weight is 288 g/mol. The minimum absolute atomic E-state index is 0.168. The number of nitrogens with two attached hydrogens (primary N) is 1. The Morgan fingerprint density at radius 2 is 2.19 bits per heavy atom. The number of nitrogens with one attached hydrogen (secondary N) is 1. The number of rotatable bonds is 5. The van der Waals surface area contributed by atoms with Crippen molar-refractivity contribution in [1.82, 2.24) is 20.1 Å². The summed E-state index contributed by atoms with van der Waals surface area (Å²) in [5.41, 5.74) is 6.27. The van der Waals surface area contributed by atoms with Crippen LogP contribution in [0.15, 0.2) is 41.8 Å². The predicted octanol–water partition coefficient (Wildman–Crippen LogP) is -0.0385. The Bertz CT molecular complexity index is 637. The van der Waals surface area contributed by atoms with E-state index in [2.05, 4.69) is 20.6 Å². The van der Waals surface area contributed by atoms with Crippen LogP contribution in [0.4, 0.5) is 0 Å². The van der Waals surface area contributed by atoms with Gasteiger partial charge in [-0.05, 0) is 5.56 Å². The van der Waals surface area contributed by atoms with Crippen molar-refractivity contribution in [2.24, 2.45) is 17.9 Å². The summed E-state index contributed by atoms with van der Waals surface area (Å²) in [5, 5.41) is 18.5. The molecule has 0 spiro atoms. The first-order valence-electron chi connectivity index (χ1n) is 6.26. The van der Waals surface area contributed by atoms with E-state index >= 15 is 0 Å². The molecule has 2 rings (SSSR count). The summed E-state index contributed by atoms with van der Waals surface area (Å²) in [4.78, 5) is 16.3. The van der Waals surface area contributed by atoms with Gasteiger partial charge in [0.1, 0.15) is 12.2 Å². The van der Waals surface area contributed by atoms with Crippen LogP contribution < -0.4 is 11.1 Å². The van der Waals surface area contributed by atoms with E-state index in [0.717, 1.165) is 0 Å². The molecule has 1 aromatic heterocycles. The summed E-state index contributed by atoms with van der Waals surface area (Å²) < 4.78 is 1.54. The van der Waals surface area contributed by atoms with Gasteiger partial charge in [0.2, 0.25) is 5.91 Å². The van der Waals surface area contributed by atoms with Crippen LogP contribution in [0.1, 0.15) is 17.3 Å². The number of hydrogen-bond acceptors (Lipinski definition) is 5. The van der Waals surface area contributed by atoms with E-state index in [1.54, 1.807) is 42.3 Å². The number of oxime groups is 1. The lowest BCUT2D eigenvalue weighted by molar-refractivity contribution is -0.121. The van der Waals surface area contributed by atoms with E-state index < -0.39 is 5.92 Å². The van der Waals surface area contributed by atoms with Gasteiger partial charge in [-0.3, -0.25) is 9.48 Å². The van der Waals surface area contributed by atoms with Crippen molar-refractivity contribution >= 4 is 11.7 Å². The second-order valence-corrected chi connectivity index (χ2v) is 4.42. The monoisotopic (exact) mass is 288 g/mol. The van der Waals surface area contributed by atoms with E-state index in [9.17, 15) is 4.79 Å². The molecule has 0 saturated carbocycles. The normalized spacial score (nSPS) is 12.9. The molecular formula is C13H16N6O2. The molecule has 1 aromatic carbocycles. The van der Waals surface area contributed by atoms with Gasteiger partial charge >= 0.3 is 0 Å². The van der Waals surface area contributed by atoms with Crippen molar-refractivity contribution in [3.8, 4) is 0 Å². The number of amides is 1. The molecule has 4 N–H and O–H groups in total. The van der Waals surface area contributed by atoms with Crippen LogP contribution in [0.3, 0.4) is 0 Å². The predicted molar refractivity (Wildman–Crippen MR) is 75.4 cm³/mol. The van der Waals surface area contributed by atoms with Crippen molar-refractivity contribution in [2.45, 2.75) is 12.5 Å². The minimum atomic E-state index is -0.861. The minimum Gasteiger partial charge on any atom is -0.409 e. The Morgan fingerprint density at radius 1 is 1.48 bits per heavy atom. The standard InChI is InChI=1S/C13H16N6O2/c1-19-8-16-10(17-19)7-15-13(20)11(12(14)18-21)9-5-3-2-4-6-9/h2-6,8,11,21H,7H2,1H3,(H2,14,18)(H,15,20). The van der Waals surface area contributed by atoms with Gasteiger partial charge in [-0.25, -0.2) is 4.98 Å². The summed E-state index contributed by atoms with van der Waals surface area (Å²) in [6.45, 7) is 0.168. The molecule has 8 nitrogen and oxygen atoms in total. The number of carbonyl (C=O) groups is 1. The maximum absolute atomic E-state index is 12.3. The average Bonchev–Trinajstić information content (AvgIpc) is 2.92. The summed E-state index contributed by atoms with van der Waals surface area (Å²) in [6.07, 6.45) is 1.54. The van der Waals surface area contributed by atoms with Gasteiger partial charge < -0.3 is 16.3 Å². The number of aryl methyl sites for hydroxylation is 1. The van der Waals surface area contributed by atoms with E-state index in [4.69, 9.17) is 10.9 Å². The molecule has 21 heavy (non-hydrogen) atoms. The molecule has 0 radical (unpaired) electrons. The molecule has 0 fully saturated rings. The highest BCUT2D eigenvalue weighted by molar-refractivity contribution is 6.07. The third kappa shape index (κ3) is 3.56. The lowest BCUT2D eigenvalue weighted by atomic mass is 9.97. The first kappa shape index (κ1) is 14.5. The van der Waals surface area contributed by atoms with Crippen molar-refractivity contribution in [1.29, 1.82) is 0 Å². The number of carbonyl (C=O) groups excluding carboxylic acids is 1. The molecule has 1 atom stereocenters. The van der Waals surface area contributed by atoms with Gasteiger partial charge in [0.15, 0.2) is 11.7 Å². The molecule has 110 valence electrons. The fraction of sp³-hybridized carbons (Fsp3) is 0.231. The molecule has 1 unspecified atom stereocenters. The lowest BCUT2D eigenvalue weighted by Crippen LogP contribution is -2.37. The molecule has 0 bridgehead atoms. The molecule has 0 aliphatic carbocycles. The Hall–Kier alpha value is -2.90. The van der Waals surface area contributed by atoms with E-state index in [1.807, 2.05) is 6.07 Å². The zero-order valence-corrected chi connectivity index (χ0v) is 11.5. The van der Waals surface area contributed by atoms with Crippen molar-refractivity contribution in [3.63, 3.8) is 0 Å². The van der Waals surface area contributed by atoms with Gasteiger partial charge in [0, 0.05) is 7.05 Å². The van der Waals surface area contributed by atoms with Crippen LogP contribution in [0.5, 0.6) is 0 Å². The third-order valence-electron chi connectivity index (χ3n) is 2.87. The highest BCUT2D eigenvalue weighted by atomic mass is 16.4. The highest BCUT2D eigenvalue weighted by Crippen LogP contribution is 2.16. The van der Waals surface area contributed by atoms with E-state index in [1.165, 1.54) is 0 Å². The first-order chi connectivity index (χ1) is 10.1. The van der Waals surface area contributed by atoms with Crippen LogP contribution in [-0.4, -0.2) is 31.7 Å². The SMILES string of the molecule is Cn1cnc(CNC(=O)C(/C(N)=N/O)c2ccccc2)n1. The number of nitrogens with zero attached hydrogens (tertiary/aromatic N) is 4. The zero-order valence-electron chi connectivity index (χ0n) is 11.5. The molecule has 1 amide bonds. The smallest absolute Gasteiger partial charge is 0.235 e. The Kier molecular flexibility index (Phi) is 4.50. The largest absolute Gasteiger partial charge is 0.409 e. The second kappa shape index (κ2) is 6.51. The summed E-state index contributed by atoms with van der Waals surface area (Å²) in [5.74, 6) is -0.936. The molecular weight excluding hydrogens is 272 g/mol. The summed E-state index contributed by atoms with van der Waals surface area (Å²) in [7, 11) is 1.74. The maximum atomic E-state index is 12.3. The molecule has 0 saturated heterocycles. The highest BCUT2D eigenvalue weighted by Gasteiger charge is 2.25.